The summed E-state index contributed by atoms with van der Waals surface area (Å²) in [6.07, 6.45) is 2.67. The lowest BCUT2D eigenvalue weighted by molar-refractivity contribution is 0.102. The van der Waals surface area contributed by atoms with Crippen molar-refractivity contribution in [1.29, 1.82) is 0 Å². The van der Waals surface area contributed by atoms with E-state index in [2.05, 4.69) is 10.3 Å². The smallest absolute Gasteiger partial charge is 0.255 e. The third kappa shape index (κ3) is 4.56. The first kappa shape index (κ1) is 16.0. The van der Waals surface area contributed by atoms with Gasteiger partial charge < -0.3 is 10.1 Å². The van der Waals surface area contributed by atoms with Crippen LogP contribution in [0.5, 0.6) is 5.88 Å². The Morgan fingerprint density at radius 1 is 1.18 bits per heavy atom. The predicted molar refractivity (Wildman–Crippen MR) is 83.7 cm³/mol. The molecule has 1 heterocycles. The molecule has 0 saturated heterocycles. The van der Waals surface area contributed by atoms with Crippen LogP contribution >= 0.6 is 0 Å². The number of sulfone groups is 1. The van der Waals surface area contributed by atoms with Crippen LogP contribution in [0.3, 0.4) is 0 Å². The Hall–Kier alpha value is -2.41. The van der Waals surface area contributed by atoms with Crippen LogP contribution in [0, 0.1) is 0 Å². The normalized spacial score (nSPS) is 11.0. The second-order valence-electron chi connectivity index (χ2n) is 4.81. The number of rotatable bonds is 5. The number of amides is 1. The number of anilines is 1. The Morgan fingerprint density at radius 3 is 2.36 bits per heavy atom. The van der Waals surface area contributed by atoms with Gasteiger partial charge in [-0.05, 0) is 23.8 Å². The Labute approximate surface area is 129 Å². The van der Waals surface area contributed by atoms with Crippen LogP contribution in [-0.2, 0) is 15.6 Å². The Bertz CT molecular complexity index is 753. The molecule has 6 nitrogen and oxygen atoms in total. The molecule has 1 aromatic heterocycles. The zero-order valence-corrected chi connectivity index (χ0v) is 13.1. The fourth-order valence-corrected chi connectivity index (χ4v) is 2.63. The highest BCUT2D eigenvalue weighted by Crippen LogP contribution is 2.13. The zero-order valence-electron chi connectivity index (χ0n) is 12.2. The van der Waals surface area contributed by atoms with Crippen LogP contribution in [0.1, 0.15) is 15.9 Å². The van der Waals surface area contributed by atoms with Crippen LogP contribution < -0.4 is 10.1 Å². The number of carbonyl (C=O) groups is 1. The first-order chi connectivity index (χ1) is 10.4. The largest absolute Gasteiger partial charge is 0.481 e. The van der Waals surface area contributed by atoms with Crippen molar-refractivity contribution in [2.45, 2.75) is 5.75 Å². The first-order valence-corrected chi connectivity index (χ1v) is 8.51. The number of nitrogens with zero attached hydrogens (tertiary/aromatic N) is 1. The Morgan fingerprint density at radius 2 is 1.86 bits per heavy atom. The van der Waals surface area contributed by atoms with Gasteiger partial charge in [0.05, 0.1) is 24.7 Å². The van der Waals surface area contributed by atoms with Gasteiger partial charge in [0.2, 0.25) is 5.88 Å². The molecule has 0 aliphatic carbocycles. The number of carbonyl (C=O) groups excluding carboxylic acids is 1. The van der Waals surface area contributed by atoms with Gasteiger partial charge in [-0.1, -0.05) is 12.1 Å². The third-order valence-corrected chi connectivity index (χ3v) is 3.71. The Kier molecular flexibility index (Phi) is 4.77. The molecule has 0 aliphatic rings. The highest BCUT2D eigenvalue weighted by Gasteiger charge is 2.08. The second kappa shape index (κ2) is 6.57. The van der Waals surface area contributed by atoms with E-state index in [1.54, 1.807) is 36.4 Å². The average molecular weight is 320 g/mol. The van der Waals surface area contributed by atoms with E-state index in [0.29, 0.717) is 22.7 Å². The fraction of sp³-hybridized carbons (Fsp3) is 0.200. The van der Waals surface area contributed by atoms with E-state index in [0.717, 1.165) is 0 Å². The molecular formula is C15H16N2O4S. The molecule has 2 aromatic rings. The van der Waals surface area contributed by atoms with Crippen molar-refractivity contribution in [1.82, 2.24) is 4.98 Å². The van der Waals surface area contributed by atoms with E-state index in [-0.39, 0.29) is 11.7 Å². The fourth-order valence-electron chi connectivity index (χ4n) is 1.83. The van der Waals surface area contributed by atoms with Crippen molar-refractivity contribution >= 4 is 21.4 Å². The molecule has 0 bridgehead atoms. The van der Waals surface area contributed by atoms with Crippen molar-refractivity contribution < 1.29 is 17.9 Å². The van der Waals surface area contributed by atoms with E-state index in [1.807, 2.05) is 0 Å². The quantitative estimate of drug-likeness (QED) is 0.909. The summed E-state index contributed by atoms with van der Waals surface area (Å²) >= 11 is 0. The summed E-state index contributed by atoms with van der Waals surface area (Å²) in [5.41, 5.74) is 1.63. The molecule has 1 N–H and O–H groups in total. The minimum Gasteiger partial charge on any atom is -0.481 e. The standard InChI is InChI=1S/C15H16N2O4S/c1-21-14-8-7-13(9-16-14)17-15(18)12-5-3-11(4-6-12)10-22(2,19)20/h3-9H,10H2,1-2H3,(H,17,18). The van der Waals surface area contributed by atoms with E-state index in [9.17, 15) is 13.2 Å². The van der Waals surface area contributed by atoms with Crippen molar-refractivity contribution in [3.63, 3.8) is 0 Å². The van der Waals surface area contributed by atoms with Crippen molar-refractivity contribution in [2.24, 2.45) is 0 Å². The summed E-state index contributed by atoms with van der Waals surface area (Å²) in [6.45, 7) is 0. The summed E-state index contributed by atoms with van der Waals surface area (Å²) in [5.74, 6) is 0.123. The van der Waals surface area contributed by atoms with Crippen LogP contribution in [0.15, 0.2) is 42.6 Å². The molecule has 0 spiro atoms. The molecule has 0 radical (unpaired) electrons. The van der Waals surface area contributed by atoms with Crippen LogP contribution in [0.4, 0.5) is 5.69 Å². The number of hydrogen-bond donors (Lipinski definition) is 1. The number of pyridine rings is 1. The highest BCUT2D eigenvalue weighted by atomic mass is 32.2. The van der Waals surface area contributed by atoms with Gasteiger partial charge in [0.1, 0.15) is 0 Å². The highest BCUT2D eigenvalue weighted by molar-refractivity contribution is 7.89. The number of nitrogens with one attached hydrogen (secondary N) is 1. The molecule has 7 heteroatoms. The van der Waals surface area contributed by atoms with Crippen molar-refractivity contribution in [3.05, 3.63) is 53.7 Å². The average Bonchev–Trinajstić information content (AvgIpc) is 2.47. The van der Waals surface area contributed by atoms with Gasteiger partial charge in [-0.3, -0.25) is 4.79 Å². The first-order valence-electron chi connectivity index (χ1n) is 6.45. The number of benzene rings is 1. The number of aromatic nitrogens is 1. The summed E-state index contributed by atoms with van der Waals surface area (Å²) in [6, 6.07) is 9.76. The minimum atomic E-state index is -3.09. The topological polar surface area (TPSA) is 85.4 Å². The lowest BCUT2D eigenvalue weighted by Crippen LogP contribution is -2.12. The molecule has 0 unspecified atom stereocenters. The zero-order chi connectivity index (χ0) is 16.2. The van der Waals surface area contributed by atoms with Gasteiger partial charge in [-0.25, -0.2) is 13.4 Å². The predicted octanol–water partition coefficient (Wildman–Crippen LogP) is 1.89. The van der Waals surface area contributed by atoms with E-state index in [1.165, 1.54) is 19.6 Å². The number of ether oxygens (including phenoxy) is 1. The van der Waals surface area contributed by atoms with Gasteiger partial charge in [0, 0.05) is 17.9 Å². The molecule has 1 amide bonds. The van der Waals surface area contributed by atoms with E-state index < -0.39 is 9.84 Å². The SMILES string of the molecule is COc1ccc(NC(=O)c2ccc(CS(C)(=O)=O)cc2)cn1. The van der Waals surface area contributed by atoms with Crippen LogP contribution in [0.25, 0.3) is 0 Å². The second-order valence-corrected chi connectivity index (χ2v) is 6.95. The van der Waals surface area contributed by atoms with Crippen LogP contribution in [-0.4, -0.2) is 32.7 Å². The van der Waals surface area contributed by atoms with Gasteiger partial charge >= 0.3 is 0 Å². The lowest BCUT2D eigenvalue weighted by atomic mass is 10.1. The molecule has 116 valence electrons. The summed E-state index contributed by atoms with van der Waals surface area (Å²) in [4.78, 5) is 16.1. The monoisotopic (exact) mass is 320 g/mol. The molecule has 1 aromatic carbocycles. The minimum absolute atomic E-state index is 0.0443. The van der Waals surface area contributed by atoms with Crippen molar-refractivity contribution in [2.75, 3.05) is 18.7 Å². The molecule has 0 fully saturated rings. The van der Waals surface area contributed by atoms with Gasteiger partial charge in [-0.2, -0.15) is 0 Å². The molecule has 0 atom stereocenters. The van der Waals surface area contributed by atoms with E-state index in [4.69, 9.17) is 4.74 Å². The number of methoxy groups -OCH3 is 1. The van der Waals surface area contributed by atoms with Crippen LogP contribution in [0.2, 0.25) is 0 Å². The summed E-state index contributed by atoms with van der Waals surface area (Å²) in [5, 5.41) is 2.70. The third-order valence-electron chi connectivity index (χ3n) is 2.85. The van der Waals surface area contributed by atoms with E-state index >= 15 is 0 Å². The maximum absolute atomic E-state index is 12.1. The van der Waals surface area contributed by atoms with Gasteiger partial charge in [0.25, 0.3) is 5.91 Å². The maximum Gasteiger partial charge on any atom is 0.255 e. The molecular weight excluding hydrogens is 304 g/mol. The Balaban J connectivity index is 2.05. The molecule has 2 rings (SSSR count). The van der Waals surface area contributed by atoms with Gasteiger partial charge in [-0.15, -0.1) is 0 Å². The number of hydrogen-bond acceptors (Lipinski definition) is 5. The summed E-state index contributed by atoms with van der Waals surface area (Å²) < 4.78 is 27.4. The van der Waals surface area contributed by atoms with Gasteiger partial charge in [0.15, 0.2) is 9.84 Å². The maximum atomic E-state index is 12.1. The molecule has 22 heavy (non-hydrogen) atoms. The molecule has 0 saturated carbocycles. The molecule has 0 aliphatic heterocycles. The lowest BCUT2D eigenvalue weighted by Gasteiger charge is -2.06. The summed E-state index contributed by atoms with van der Waals surface area (Å²) in [7, 11) is -1.57. The van der Waals surface area contributed by atoms with Crippen molar-refractivity contribution in [3.8, 4) is 5.88 Å².